The number of aliphatic hydroxyl groups is 1. The fourth-order valence-corrected chi connectivity index (χ4v) is 1.97. The molecule has 0 saturated heterocycles. The van der Waals surface area contributed by atoms with Crippen LogP contribution in [0, 0.1) is 5.41 Å². The van der Waals surface area contributed by atoms with Crippen molar-refractivity contribution in [3.8, 4) is 0 Å². The largest absolute Gasteiger partial charge is 0.394 e. The first-order valence-corrected chi connectivity index (χ1v) is 8.07. The Labute approximate surface area is 131 Å². The van der Waals surface area contributed by atoms with E-state index < -0.39 is 0 Å². The van der Waals surface area contributed by atoms with Crippen molar-refractivity contribution in [2.75, 3.05) is 19.8 Å². The first-order chi connectivity index (χ1) is 9.55. The minimum Gasteiger partial charge on any atom is -0.394 e. The molecule has 1 N–H and O–H groups in total. The first-order valence-electron chi connectivity index (χ1n) is 8.07. The van der Waals surface area contributed by atoms with E-state index in [-0.39, 0.29) is 35.9 Å². The fourth-order valence-electron chi connectivity index (χ4n) is 1.97. The zero-order valence-corrected chi connectivity index (χ0v) is 15.2. The van der Waals surface area contributed by atoms with Crippen molar-refractivity contribution in [1.29, 1.82) is 0 Å². The molecule has 0 radical (unpaired) electrons. The number of aliphatic hydroxyl groups excluding tert-OH is 1. The SMILES string of the molecule is CCC(C)(OC(C)COC(C)COC(C)CO)C(C)(C)C. The Kier molecular flexibility index (Phi) is 9.02. The highest BCUT2D eigenvalue weighted by Gasteiger charge is 2.38. The Bertz CT molecular complexity index is 274. The van der Waals surface area contributed by atoms with Gasteiger partial charge in [-0.25, -0.2) is 0 Å². The fraction of sp³-hybridized carbons (Fsp3) is 1.00. The lowest BCUT2D eigenvalue weighted by molar-refractivity contribution is -0.163. The summed E-state index contributed by atoms with van der Waals surface area (Å²) in [6.07, 6.45) is 0.849. The highest BCUT2D eigenvalue weighted by Crippen LogP contribution is 2.37. The van der Waals surface area contributed by atoms with Gasteiger partial charge in [0.2, 0.25) is 0 Å². The van der Waals surface area contributed by atoms with Gasteiger partial charge in [0.1, 0.15) is 0 Å². The molecule has 0 spiro atoms. The maximum absolute atomic E-state index is 8.91. The van der Waals surface area contributed by atoms with Crippen LogP contribution in [0.5, 0.6) is 0 Å². The van der Waals surface area contributed by atoms with Gasteiger partial charge in [-0.1, -0.05) is 27.7 Å². The van der Waals surface area contributed by atoms with Gasteiger partial charge in [0.25, 0.3) is 0 Å². The molecule has 0 aromatic heterocycles. The van der Waals surface area contributed by atoms with Crippen molar-refractivity contribution < 1.29 is 19.3 Å². The van der Waals surface area contributed by atoms with Crippen LogP contribution in [-0.4, -0.2) is 48.8 Å². The van der Waals surface area contributed by atoms with E-state index in [0.717, 1.165) is 6.42 Å². The lowest BCUT2D eigenvalue weighted by Crippen LogP contribution is -2.45. The summed E-state index contributed by atoms with van der Waals surface area (Å²) in [6, 6.07) is 0. The second-order valence-corrected chi connectivity index (χ2v) is 7.23. The molecule has 0 heterocycles. The molecule has 4 unspecified atom stereocenters. The van der Waals surface area contributed by atoms with Gasteiger partial charge in [0.15, 0.2) is 0 Å². The Morgan fingerprint density at radius 2 is 1.33 bits per heavy atom. The normalized spacial score (nSPS) is 19.9. The van der Waals surface area contributed by atoms with Gasteiger partial charge in [-0.3, -0.25) is 0 Å². The third kappa shape index (κ3) is 7.59. The van der Waals surface area contributed by atoms with Crippen molar-refractivity contribution in [3.05, 3.63) is 0 Å². The predicted molar refractivity (Wildman–Crippen MR) is 86.6 cm³/mol. The van der Waals surface area contributed by atoms with Gasteiger partial charge in [-0.2, -0.15) is 0 Å². The monoisotopic (exact) mass is 304 g/mol. The molecule has 0 aromatic carbocycles. The minimum absolute atomic E-state index is 0.00688. The van der Waals surface area contributed by atoms with Crippen LogP contribution in [0.1, 0.15) is 61.8 Å². The Morgan fingerprint density at radius 1 is 0.857 bits per heavy atom. The van der Waals surface area contributed by atoms with Crippen molar-refractivity contribution in [1.82, 2.24) is 0 Å². The minimum atomic E-state index is -0.166. The summed E-state index contributed by atoms with van der Waals surface area (Å²) in [5.74, 6) is 0. The summed E-state index contributed by atoms with van der Waals surface area (Å²) in [5.41, 5.74) is -0.0811. The maximum atomic E-state index is 8.91. The highest BCUT2D eigenvalue weighted by atomic mass is 16.6. The molecule has 21 heavy (non-hydrogen) atoms. The van der Waals surface area contributed by atoms with Crippen LogP contribution in [-0.2, 0) is 14.2 Å². The molecule has 0 rings (SSSR count). The van der Waals surface area contributed by atoms with E-state index in [0.29, 0.717) is 13.2 Å². The zero-order valence-electron chi connectivity index (χ0n) is 15.2. The van der Waals surface area contributed by atoms with Crippen LogP contribution in [0.2, 0.25) is 0 Å². The number of hydrogen-bond donors (Lipinski definition) is 1. The zero-order chi connectivity index (χ0) is 16.7. The summed E-state index contributed by atoms with van der Waals surface area (Å²) >= 11 is 0. The lowest BCUT2D eigenvalue weighted by Gasteiger charge is -2.43. The molecule has 0 fully saturated rings. The van der Waals surface area contributed by atoms with Gasteiger partial charge in [-0.15, -0.1) is 0 Å². The molecule has 4 heteroatoms. The van der Waals surface area contributed by atoms with E-state index in [1.807, 2.05) is 20.8 Å². The predicted octanol–water partition coefficient (Wildman–Crippen LogP) is 3.41. The summed E-state index contributed by atoms with van der Waals surface area (Å²) in [7, 11) is 0. The molecule has 0 aromatic rings. The molecule has 0 aliphatic heterocycles. The van der Waals surface area contributed by atoms with E-state index in [4.69, 9.17) is 19.3 Å². The van der Waals surface area contributed by atoms with Crippen LogP contribution in [0.4, 0.5) is 0 Å². The van der Waals surface area contributed by atoms with Gasteiger partial charge in [-0.05, 0) is 39.5 Å². The number of rotatable bonds is 10. The molecule has 4 nitrogen and oxygen atoms in total. The number of ether oxygens (including phenoxy) is 3. The topological polar surface area (TPSA) is 47.9 Å². The quantitative estimate of drug-likeness (QED) is 0.672. The molecule has 0 aliphatic rings. The standard InChI is InChI=1S/C17H36O4/c1-9-17(8,16(5,6)7)21-15(4)12-20-14(3)11-19-13(2)10-18/h13-15,18H,9-12H2,1-8H3. The average Bonchev–Trinajstić information content (AvgIpc) is 2.40. The van der Waals surface area contributed by atoms with Crippen molar-refractivity contribution in [2.45, 2.75) is 85.7 Å². The van der Waals surface area contributed by atoms with Crippen molar-refractivity contribution in [2.24, 2.45) is 5.41 Å². The Morgan fingerprint density at radius 3 is 1.76 bits per heavy atom. The molecule has 128 valence electrons. The van der Waals surface area contributed by atoms with E-state index in [1.54, 1.807) is 0 Å². The maximum Gasteiger partial charge on any atom is 0.0788 e. The smallest absolute Gasteiger partial charge is 0.0788 e. The van der Waals surface area contributed by atoms with Crippen LogP contribution in [0.25, 0.3) is 0 Å². The van der Waals surface area contributed by atoms with E-state index in [9.17, 15) is 0 Å². The molecule has 0 amide bonds. The average molecular weight is 304 g/mol. The summed E-state index contributed by atoms with van der Waals surface area (Å²) in [4.78, 5) is 0. The van der Waals surface area contributed by atoms with Crippen LogP contribution in [0.3, 0.4) is 0 Å². The van der Waals surface area contributed by atoms with Crippen LogP contribution in [0.15, 0.2) is 0 Å². The first kappa shape index (κ1) is 20.8. The molecular formula is C17H36O4. The third-order valence-corrected chi connectivity index (χ3v) is 4.21. The molecule has 0 aliphatic carbocycles. The van der Waals surface area contributed by atoms with E-state index in [2.05, 4.69) is 34.6 Å². The van der Waals surface area contributed by atoms with Gasteiger partial charge in [0.05, 0.1) is 43.7 Å². The van der Waals surface area contributed by atoms with Gasteiger partial charge < -0.3 is 19.3 Å². The van der Waals surface area contributed by atoms with E-state index in [1.165, 1.54) is 0 Å². The molecular weight excluding hydrogens is 268 g/mol. The van der Waals surface area contributed by atoms with Crippen molar-refractivity contribution >= 4 is 0 Å². The Balaban J connectivity index is 4.17. The second-order valence-electron chi connectivity index (χ2n) is 7.23. The van der Waals surface area contributed by atoms with Gasteiger partial charge >= 0.3 is 0 Å². The van der Waals surface area contributed by atoms with Gasteiger partial charge in [0, 0.05) is 0 Å². The van der Waals surface area contributed by atoms with Crippen LogP contribution < -0.4 is 0 Å². The third-order valence-electron chi connectivity index (χ3n) is 4.21. The molecule has 0 saturated carbocycles. The van der Waals surface area contributed by atoms with Crippen molar-refractivity contribution in [3.63, 3.8) is 0 Å². The summed E-state index contributed by atoms with van der Waals surface area (Å²) < 4.78 is 17.5. The molecule has 4 atom stereocenters. The van der Waals surface area contributed by atoms with E-state index >= 15 is 0 Å². The summed E-state index contributed by atoms with van der Waals surface area (Å²) in [5, 5.41) is 8.91. The molecule has 0 bridgehead atoms. The number of hydrogen-bond acceptors (Lipinski definition) is 4. The second kappa shape index (κ2) is 9.09. The summed E-state index contributed by atoms with van der Waals surface area (Å²) in [6.45, 7) is 17.9. The van der Waals surface area contributed by atoms with Crippen LogP contribution >= 0.6 is 0 Å². The lowest BCUT2D eigenvalue weighted by atomic mass is 9.76. The Hall–Kier alpha value is -0.160. The highest BCUT2D eigenvalue weighted by molar-refractivity contribution is 4.87.